The highest BCUT2D eigenvalue weighted by Crippen LogP contribution is 2.32. The van der Waals surface area contributed by atoms with Gasteiger partial charge < -0.3 is 20.0 Å². The van der Waals surface area contributed by atoms with E-state index in [0.717, 1.165) is 25.7 Å². The Kier molecular flexibility index (Phi) is 7.47. The predicted molar refractivity (Wildman–Crippen MR) is 123 cm³/mol. The minimum Gasteiger partial charge on any atom is -0.339 e. The zero-order chi connectivity index (χ0) is 23.4. The summed E-state index contributed by atoms with van der Waals surface area (Å²) in [6.45, 7) is 6.23. The summed E-state index contributed by atoms with van der Waals surface area (Å²) in [5.41, 5.74) is 0.436. The Hall–Kier alpha value is -2.68. The fraction of sp³-hybridized carbons (Fsp3) is 0.625. The number of nitrogens with one attached hydrogen (secondary N) is 1. The number of carbonyl (C=O) groups excluding carboxylic acids is 3. The quantitative estimate of drug-likeness (QED) is 0.749. The molecule has 1 aliphatic carbocycles. The second-order valence-corrected chi connectivity index (χ2v) is 9.28. The van der Waals surface area contributed by atoms with Crippen LogP contribution in [0.1, 0.15) is 32.6 Å². The van der Waals surface area contributed by atoms with E-state index in [-0.39, 0.29) is 29.7 Å². The highest BCUT2D eigenvalue weighted by atomic mass is 19.1. The third-order valence-electron chi connectivity index (χ3n) is 7.21. The lowest BCUT2D eigenvalue weighted by atomic mass is 9.94. The van der Waals surface area contributed by atoms with Crippen molar-refractivity contribution in [2.24, 2.45) is 5.92 Å². The molecule has 2 aliphatic heterocycles. The number of hydrogen-bond donors (Lipinski definition) is 1. The van der Waals surface area contributed by atoms with Gasteiger partial charge in [-0.05, 0) is 37.0 Å². The molecule has 1 aromatic rings. The maximum Gasteiger partial charge on any atom is 0.321 e. The lowest BCUT2D eigenvalue weighted by Gasteiger charge is -2.43. The van der Waals surface area contributed by atoms with E-state index in [1.807, 2.05) is 4.90 Å². The molecule has 1 aromatic carbocycles. The molecular formula is C24H34FN5O3. The lowest BCUT2D eigenvalue weighted by molar-refractivity contribution is -0.144. The van der Waals surface area contributed by atoms with E-state index in [2.05, 4.69) is 10.2 Å². The van der Waals surface area contributed by atoms with Crippen molar-refractivity contribution >= 4 is 23.5 Å². The van der Waals surface area contributed by atoms with E-state index in [9.17, 15) is 18.8 Å². The minimum absolute atomic E-state index is 0.0575. The Morgan fingerprint density at radius 1 is 0.909 bits per heavy atom. The zero-order valence-electron chi connectivity index (χ0n) is 19.3. The highest BCUT2D eigenvalue weighted by molar-refractivity contribution is 5.89. The zero-order valence-corrected chi connectivity index (χ0v) is 19.3. The van der Waals surface area contributed by atoms with Gasteiger partial charge in [0.25, 0.3) is 0 Å². The molecule has 0 bridgehead atoms. The first-order valence-electron chi connectivity index (χ1n) is 12.0. The molecule has 9 heteroatoms. The van der Waals surface area contributed by atoms with E-state index < -0.39 is 0 Å². The Morgan fingerprint density at radius 2 is 1.52 bits per heavy atom. The Morgan fingerprint density at radius 3 is 2.12 bits per heavy atom. The minimum atomic E-state index is -0.389. The fourth-order valence-electron chi connectivity index (χ4n) is 5.33. The van der Waals surface area contributed by atoms with Gasteiger partial charge in [0.05, 0.1) is 6.04 Å². The van der Waals surface area contributed by atoms with Gasteiger partial charge in [-0.2, -0.15) is 0 Å². The smallest absolute Gasteiger partial charge is 0.321 e. The molecule has 0 aromatic heterocycles. The molecule has 2 heterocycles. The Labute approximate surface area is 194 Å². The Balaban J connectivity index is 1.36. The van der Waals surface area contributed by atoms with Crippen LogP contribution in [0.4, 0.5) is 14.9 Å². The number of nitrogens with zero attached hydrogens (tertiary/aromatic N) is 4. The van der Waals surface area contributed by atoms with Crippen molar-refractivity contribution in [1.29, 1.82) is 0 Å². The van der Waals surface area contributed by atoms with Gasteiger partial charge in [-0.15, -0.1) is 0 Å². The van der Waals surface area contributed by atoms with Gasteiger partial charge in [0.15, 0.2) is 0 Å². The van der Waals surface area contributed by atoms with Crippen LogP contribution in [0, 0.1) is 11.7 Å². The standard InChI is InChI=1S/C24H34FN5O3/c1-18(31)27-9-13-29(14-10-27)23(32)22(19-5-2-3-6-19)28-11-15-30(16-12-28)24(33)26-21-8-4-7-20(25)17-21/h4,7-8,17,19,22H,2-3,5-6,9-16H2,1H3,(H,26,33). The maximum absolute atomic E-state index is 13.6. The van der Waals surface area contributed by atoms with Crippen LogP contribution >= 0.6 is 0 Å². The number of rotatable bonds is 4. The van der Waals surface area contributed by atoms with Gasteiger partial charge >= 0.3 is 6.03 Å². The number of amides is 4. The normalized spacial score (nSPS) is 21.2. The number of piperazine rings is 2. The summed E-state index contributed by atoms with van der Waals surface area (Å²) >= 11 is 0. The molecular weight excluding hydrogens is 425 g/mol. The van der Waals surface area contributed by atoms with E-state index in [4.69, 9.17) is 0 Å². The molecule has 0 radical (unpaired) electrons. The van der Waals surface area contributed by atoms with Gasteiger partial charge in [-0.1, -0.05) is 18.9 Å². The molecule has 3 fully saturated rings. The fourth-order valence-corrected chi connectivity index (χ4v) is 5.33. The average Bonchev–Trinajstić information content (AvgIpc) is 3.34. The largest absolute Gasteiger partial charge is 0.339 e. The Bertz CT molecular complexity index is 859. The number of anilines is 1. The van der Waals surface area contributed by atoms with Crippen LogP contribution in [0.15, 0.2) is 24.3 Å². The van der Waals surface area contributed by atoms with Gasteiger partial charge in [0.2, 0.25) is 11.8 Å². The van der Waals surface area contributed by atoms with Crippen LogP contribution in [0.3, 0.4) is 0 Å². The predicted octanol–water partition coefficient (Wildman–Crippen LogP) is 2.22. The molecule has 3 aliphatic rings. The summed E-state index contributed by atoms with van der Waals surface area (Å²) in [7, 11) is 0. The summed E-state index contributed by atoms with van der Waals surface area (Å²) in [5, 5.41) is 2.76. The van der Waals surface area contributed by atoms with E-state index in [0.29, 0.717) is 64.0 Å². The summed E-state index contributed by atoms with van der Waals surface area (Å²) in [4.78, 5) is 45.6. The van der Waals surface area contributed by atoms with Crippen molar-refractivity contribution in [3.63, 3.8) is 0 Å². The number of benzene rings is 1. The van der Waals surface area contributed by atoms with Crippen molar-refractivity contribution in [2.45, 2.75) is 38.6 Å². The topological polar surface area (TPSA) is 76.2 Å². The first-order valence-corrected chi connectivity index (χ1v) is 12.0. The van der Waals surface area contributed by atoms with Crippen molar-refractivity contribution in [3.8, 4) is 0 Å². The molecule has 180 valence electrons. The van der Waals surface area contributed by atoms with Crippen LogP contribution in [-0.2, 0) is 9.59 Å². The molecule has 0 spiro atoms. The summed E-state index contributed by atoms with van der Waals surface area (Å²) in [5.74, 6) is 0.181. The van der Waals surface area contributed by atoms with Crippen molar-refractivity contribution in [2.75, 3.05) is 57.7 Å². The maximum atomic E-state index is 13.6. The molecule has 4 rings (SSSR count). The highest BCUT2D eigenvalue weighted by Gasteiger charge is 2.40. The lowest BCUT2D eigenvalue weighted by Crippen LogP contribution is -2.61. The second-order valence-electron chi connectivity index (χ2n) is 9.28. The number of hydrogen-bond acceptors (Lipinski definition) is 4. The van der Waals surface area contributed by atoms with Crippen LogP contribution in [-0.4, -0.2) is 95.8 Å². The van der Waals surface area contributed by atoms with Gasteiger partial charge in [-0.25, -0.2) is 9.18 Å². The molecule has 2 saturated heterocycles. The van der Waals surface area contributed by atoms with Crippen LogP contribution < -0.4 is 5.32 Å². The third kappa shape index (κ3) is 5.63. The van der Waals surface area contributed by atoms with E-state index in [1.165, 1.54) is 12.1 Å². The molecule has 1 saturated carbocycles. The van der Waals surface area contributed by atoms with Crippen molar-refractivity contribution < 1.29 is 18.8 Å². The van der Waals surface area contributed by atoms with Crippen LogP contribution in [0.2, 0.25) is 0 Å². The van der Waals surface area contributed by atoms with Gasteiger partial charge in [0.1, 0.15) is 5.82 Å². The summed E-state index contributed by atoms with van der Waals surface area (Å²) in [6.07, 6.45) is 4.43. The molecule has 33 heavy (non-hydrogen) atoms. The van der Waals surface area contributed by atoms with Gasteiger partial charge in [0, 0.05) is 65.0 Å². The van der Waals surface area contributed by atoms with Crippen molar-refractivity contribution in [1.82, 2.24) is 19.6 Å². The third-order valence-corrected chi connectivity index (χ3v) is 7.21. The number of halogens is 1. The SMILES string of the molecule is CC(=O)N1CCN(C(=O)C(C2CCCC2)N2CCN(C(=O)Nc3cccc(F)c3)CC2)CC1. The van der Waals surface area contributed by atoms with E-state index >= 15 is 0 Å². The van der Waals surface area contributed by atoms with Crippen LogP contribution in [0.25, 0.3) is 0 Å². The first kappa shape index (κ1) is 23.5. The monoisotopic (exact) mass is 459 g/mol. The number of urea groups is 1. The van der Waals surface area contributed by atoms with Gasteiger partial charge in [-0.3, -0.25) is 14.5 Å². The second kappa shape index (κ2) is 10.5. The molecule has 8 nitrogen and oxygen atoms in total. The van der Waals surface area contributed by atoms with Crippen LogP contribution in [0.5, 0.6) is 0 Å². The van der Waals surface area contributed by atoms with Crippen molar-refractivity contribution in [3.05, 3.63) is 30.1 Å². The number of carbonyl (C=O) groups is 3. The molecule has 4 amide bonds. The molecule has 1 N–H and O–H groups in total. The summed E-state index contributed by atoms with van der Waals surface area (Å²) in [6, 6.07) is 5.46. The average molecular weight is 460 g/mol. The van der Waals surface area contributed by atoms with E-state index in [1.54, 1.807) is 28.9 Å². The summed E-state index contributed by atoms with van der Waals surface area (Å²) < 4.78 is 13.4. The molecule has 1 unspecified atom stereocenters. The first-order chi connectivity index (χ1) is 15.9. The molecule has 1 atom stereocenters.